The fourth-order valence-corrected chi connectivity index (χ4v) is 3.05. The Bertz CT molecular complexity index is 896. The first-order valence-electron chi connectivity index (χ1n) is 8.51. The lowest BCUT2D eigenvalue weighted by molar-refractivity contribution is -0.123. The number of benzene rings is 3. The summed E-state index contributed by atoms with van der Waals surface area (Å²) in [7, 11) is 0. The van der Waals surface area contributed by atoms with Crippen LogP contribution in [-0.2, 0) is 4.79 Å². The number of hydrogen-bond donors (Lipinski definition) is 1. The molecule has 0 bridgehead atoms. The standard InChI is InChI=1S/C22H23NO2/c1-15-11-12-16(2)20(13-15)17(3)23-22(24)14-25-21-10-6-8-18-7-4-5-9-19(18)21/h4-13,17H,14H2,1-3H3,(H,23,24)/t17-/m0/s1. The van der Waals surface area contributed by atoms with Gasteiger partial charge in [-0.3, -0.25) is 4.79 Å². The predicted octanol–water partition coefficient (Wildman–Crippen LogP) is 4.71. The van der Waals surface area contributed by atoms with Gasteiger partial charge in [-0.1, -0.05) is 60.2 Å². The van der Waals surface area contributed by atoms with E-state index in [2.05, 4.69) is 37.4 Å². The van der Waals surface area contributed by atoms with Crippen LogP contribution in [0.25, 0.3) is 10.8 Å². The van der Waals surface area contributed by atoms with E-state index in [1.165, 1.54) is 11.1 Å². The predicted molar refractivity (Wildman–Crippen MR) is 102 cm³/mol. The van der Waals surface area contributed by atoms with Crippen molar-refractivity contribution < 1.29 is 9.53 Å². The highest BCUT2D eigenvalue weighted by Gasteiger charge is 2.13. The van der Waals surface area contributed by atoms with E-state index in [1.807, 2.05) is 49.4 Å². The Morgan fingerprint density at radius 1 is 1.04 bits per heavy atom. The monoisotopic (exact) mass is 333 g/mol. The lowest BCUT2D eigenvalue weighted by Crippen LogP contribution is -2.31. The Morgan fingerprint density at radius 3 is 2.64 bits per heavy atom. The molecule has 0 saturated heterocycles. The van der Waals surface area contributed by atoms with E-state index in [4.69, 9.17) is 4.74 Å². The molecule has 128 valence electrons. The third-order valence-corrected chi connectivity index (χ3v) is 4.39. The van der Waals surface area contributed by atoms with E-state index in [0.717, 1.165) is 22.1 Å². The number of amides is 1. The molecule has 1 N–H and O–H groups in total. The van der Waals surface area contributed by atoms with Crippen molar-refractivity contribution in [2.24, 2.45) is 0 Å². The summed E-state index contributed by atoms with van der Waals surface area (Å²) < 4.78 is 5.76. The van der Waals surface area contributed by atoms with Crippen LogP contribution < -0.4 is 10.1 Å². The van der Waals surface area contributed by atoms with Gasteiger partial charge in [0.2, 0.25) is 0 Å². The van der Waals surface area contributed by atoms with Crippen molar-refractivity contribution in [2.45, 2.75) is 26.8 Å². The van der Waals surface area contributed by atoms with E-state index in [0.29, 0.717) is 0 Å². The first-order valence-corrected chi connectivity index (χ1v) is 8.51. The maximum atomic E-state index is 12.3. The molecule has 3 nitrogen and oxygen atoms in total. The molecule has 3 heteroatoms. The van der Waals surface area contributed by atoms with E-state index >= 15 is 0 Å². The zero-order valence-electron chi connectivity index (χ0n) is 14.9. The summed E-state index contributed by atoms with van der Waals surface area (Å²) in [5, 5.41) is 5.13. The maximum absolute atomic E-state index is 12.3. The minimum absolute atomic E-state index is 0.00319. The lowest BCUT2D eigenvalue weighted by Gasteiger charge is -2.18. The Balaban J connectivity index is 1.65. The molecule has 0 aromatic heterocycles. The van der Waals surface area contributed by atoms with Gasteiger partial charge in [-0.25, -0.2) is 0 Å². The highest BCUT2D eigenvalue weighted by atomic mass is 16.5. The van der Waals surface area contributed by atoms with Gasteiger partial charge in [-0.2, -0.15) is 0 Å². The van der Waals surface area contributed by atoms with E-state index in [-0.39, 0.29) is 18.6 Å². The van der Waals surface area contributed by atoms with Crippen molar-refractivity contribution in [1.29, 1.82) is 0 Å². The molecule has 1 atom stereocenters. The SMILES string of the molecule is Cc1ccc(C)c([C@H](C)NC(=O)COc2cccc3ccccc23)c1. The van der Waals surface area contributed by atoms with Gasteiger partial charge < -0.3 is 10.1 Å². The average Bonchev–Trinajstić information content (AvgIpc) is 2.61. The second-order valence-electron chi connectivity index (χ2n) is 6.42. The highest BCUT2D eigenvalue weighted by Crippen LogP contribution is 2.25. The van der Waals surface area contributed by atoms with Gasteiger partial charge in [0.15, 0.2) is 6.61 Å². The second kappa shape index (κ2) is 7.39. The number of ether oxygens (including phenoxy) is 1. The minimum atomic E-state index is -0.124. The van der Waals surface area contributed by atoms with Crippen molar-refractivity contribution >= 4 is 16.7 Å². The lowest BCUT2D eigenvalue weighted by atomic mass is 10.00. The average molecular weight is 333 g/mol. The number of nitrogens with one attached hydrogen (secondary N) is 1. The summed E-state index contributed by atoms with van der Waals surface area (Å²) in [6.07, 6.45) is 0. The molecule has 0 unspecified atom stereocenters. The van der Waals surface area contributed by atoms with Crippen molar-refractivity contribution in [1.82, 2.24) is 5.32 Å². The summed E-state index contributed by atoms with van der Waals surface area (Å²) in [4.78, 5) is 12.3. The van der Waals surface area contributed by atoms with Crippen LogP contribution in [0.1, 0.15) is 29.7 Å². The Hall–Kier alpha value is -2.81. The number of hydrogen-bond acceptors (Lipinski definition) is 2. The Kier molecular flexibility index (Phi) is 5.03. The number of rotatable bonds is 5. The van der Waals surface area contributed by atoms with Gasteiger partial charge >= 0.3 is 0 Å². The van der Waals surface area contributed by atoms with E-state index in [1.54, 1.807) is 0 Å². The third-order valence-electron chi connectivity index (χ3n) is 4.39. The molecular weight excluding hydrogens is 310 g/mol. The first kappa shape index (κ1) is 17.0. The molecule has 0 spiro atoms. The molecule has 1 amide bonds. The van der Waals surface area contributed by atoms with Crippen molar-refractivity contribution in [3.63, 3.8) is 0 Å². The fourth-order valence-electron chi connectivity index (χ4n) is 3.05. The molecule has 0 saturated carbocycles. The summed E-state index contributed by atoms with van der Waals surface area (Å²) in [5.74, 6) is 0.606. The van der Waals surface area contributed by atoms with Crippen LogP contribution in [0.4, 0.5) is 0 Å². The van der Waals surface area contributed by atoms with Gasteiger partial charge in [-0.15, -0.1) is 0 Å². The highest BCUT2D eigenvalue weighted by molar-refractivity contribution is 5.88. The van der Waals surface area contributed by atoms with Gasteiger partial charge in [0.25, 0.3) is 5.91 Å². The molecular formula is C22H23NO2. The Labute approximate surface area is 148 Å². The van der Waals surface area contributed by atoms with Crippen molar-refractivity contribution in [3.05, 3.63) is 77.4 Å². The molecule has 0 fully saturated rings. The van der Waals surface area contributed by atoms with Crippen LogP contribution >= 0.6 is 0 Å². The maximum Gasteiger partial charge on any atom is 0.258 e. The van der Waals surface area contributed by atoms with Crippen molar-refractivity contribution in [2.75, 3.05) is 6.61 Å². The van der Waals surface area contributed by atoms with Crippen LogP contribution in [0.5, 0.6) is 5.75 Å². The zero-order valence-corrected chi connectivity index (χ0v) is 14.9. The molecule has 0 radical (unpaired) electrons. The summed E-state index contributed by atoms with van der Waals surface area (Å²) in [6, 6.07) is 20.1. The van der Waals surface area contributed by atoms with Gasteiger partial charge in [0, 0.05) is 5.39 Å². The number of fused-ring (bicyclic) bond motifs is 1. The Morgan fingerprint density at radius 2 is 1.80 bits per heavy atom. The largest absolute Gasteiger partial charge is 0.483 e. The molecule has 3 rings (SSSR count). The second-order valence-corrected chi connectivity index (χ2v) is 6.42. The minimum Gasteiger partial charge on any atom is -0.483 e. The zero-order chi connectivity index (χ0) is 17.8. The summed E-state index contributed by atoms with van der Waals surface area (Å²) in [5.41, 5.74) is 3.50. The van der Waals surface area contributed by atoms with Crippen LogP contribution in [-0.4, -0.2) is 12.5 Å². The van der Waals surface area contributed by atoms with Gasteiger partial charge in [0.05, 0.1) is 6.04 Å². The molecule has 0 aliphatic rings. The molecule has 0 aliphatic carbocycles. The summed E-state index contributed by atoms with van der Waals surface area (Å²) >= 11 is 0. The van der Waals surface area contributed by atoms with Crippen molar-refractivity contribution in [3.8, 4) is 5.75 Å². The van der Waals surface area contributed by atoms with Crippen LogP contribution in [0.15, 0.2) is 60.7 Å². The van der Waals surface area contributed by atoms with Gasteiger partial charge in [-0.05, 0) is 43.4 Å². The number of carbonyl (C=O) groups is 1. The first-order chi connectivity index (χ1) is 12.0. The third kappa shape index (κ3) is 4.00. The molecule has 3 aromatic rings. The smallest absolute Gasteiger partial charge is 0.258 e. The normalized spacial score (nSPS) is 12.0. The van der Waals surface area contributed by atoms with E-state index < -0.39 is 0 Å². The quantitative estimate of drug-likeness (QED) is 0.734. The van der Waals surface area contributed by atoms with Gasteiger partial charge in [0.1, 0.15) is 5.75 Å². The van der Waals surface area contributed by atoms with E-state index in [9.17, 15) is 4.79 Å². The molecule has 25 heavy (non-hydrogen) atoms. The fraction of sp³-hybridized carbons (Fsp3) is 0.227. The number of carbonyl (C=O) groups excluding carboxylic acids is 1. The molecule has 0 heterocycles. The topological polar surface area (TPSA) is 38.3 Å². The summed E-state index contributed by atoms with van der Waals surface area (Å²) in [6.45, 7) is 6.12. The van der Waals surface area contributed by atoms with Crippen LogP contribution in [0.3, 0.4) is 0 Å². The van der Waals surface area contributed by atoms with Crippen LogP contribution in [0, 0.1) is 13.8 Å². The molecule has 3 aromatic carbocycles. The molecule has 0 aliphatic heterocycles. The van der Waals surface area contributed by atoms with Crippen LogP contribution in [0.2, 0.25) is 0 Å². The number of aryl methyl sites for hydroxylation is 2.